The van der Waals surface area contributed by atoms with Gasteiger partial charge in [-0.1, -0.05) is 12.1 Å². The zero-order chi connectivity index (χ0) is 18.8. The lowest BCUT2D eigenvalue weighted by Crippen LogP contribution is -3.12. The van der Waals surface area contributed by atoms with Gasteiger partial charge in [-0.05, 0) is 32.9 Å². The number of morpholine rings is 1. The number of amides is 1. The molecule has 3 rings (SSSR count). The molecule has 2 heterocycles. The SMILES string of the molecule is C[C@@H]1CN(C(=O)[C@@H](C)[NH+](C)Cc2nc3ccccc3c(=O)[nH]2)C[C@@H](C)O1. The van der Waals surface area contributed by atoms with E-state index in [0.29, 0.717) is 36.4 Å². The van der Waals surface area contributed by atoms with Gasteiger partial charge in [0.05, 0.1) is 30.2 Å². The van der Waals surface area contributed by atoms with Crippen LogP contribution in [0.1, 0.15) is 26.6 Å². The van der Waals surface area contributed by atoms with Crippen molar-refractivity contribution in [3.63, 3.8) is 0 Å². The Morgan fingerprint density at radius 1 is 1.35 bits per heavy atom. The molecule has 1 aromatic carbocycles. The smallest absolute Gasteiger partial charge is 0.280 e. The summed E-state index contributed by atoms with van der Waals surface area (Å²) in [7, 11) is 1.95. The predicted octanol–water partition coefficient (Wildman–Crippen LogP) is -0.0379. The molecule has 2 N–H and O–H groups in total. The third-order valence-corrected chi connectivity index (χ3v) is 4.95. The van der Waals surface area contributed by atoms with Crippen molar-refractivity contribution in [2.45, 2.75) is 45.6 Å². The molecule has 0 bridgehead atoms. The summed E-state index contributed by atoms with van der Waals surface area (Å²) in [6, 6.07) is 7.04. The van der Waals surface area contributed by atoms with E-state index in [2.05, 4.69) is 9.97 Å². The molecule has 1 aromatic heterocycles. The molecule has 140 valence electrons. The number of aromatic amines is 1. The Morgan fingerprint density at radius 3 is 2.69 bits per heavy atom. The normalized spacial score (nSPS) is 23.0. The van der Waals surface area contributed by atoms with Gasteiger partial charge in [0, 0.05) is 13.1 Å². The zero-order valence-electron chi connectivity index (χ0n) is 15.8. The molecule has 0 spiro atoms. The topological polar surface area (TPSA) is 79.7 Å². The molecular weight excluding hydrogens is 332 g/mol. The molecule has 0 aliphatic carbocycles. The maximum atomic E-state index is 12.9. The van der Waals surface area contributed by atoms with E-state index >= 15 is 0 Å². The summed E-state index contributed by atoms with van der Waals surface area (Å²) in [5.74, 6) is 0.696. The molecular formula is C19H27N4O3+. The summed E-state index contributed by atoms with van der Waals surface area (Å²) >= 11 is 0. The van der Waals surface area contributed by atoms with Gasteiger partial charge in [0.2, 0.25) is 0 Å². The van der Waals surface area contributed by atoms with Gasteiger partial charge in [-0.2, -0.15) is 0 Å². The minimum absolute atomic E-state index is 0.0497. The summed E-state index contributed by atoms with van der Waals surface area (Å²) < 4.78 is 5.71. The Labute approximate surface area is 153 Å². The number of nitrogens with one attached hydrogen (secondary N) is 2. The number of quaternary nitrogens is 1. The Bertz CT molecular complexity index is 840. The van der Waals surface area contributed by atoms with Crippen molar-refractivity contribution in [3.05, 3.63) is 40.4 Å². The zero-order valence-corrected chi connectivity index (χ0v) is 15.8. The highest BCUT2D eigenvalue weighted by molar-refractivity contribution is 5.80. The summed E-state index contributed by atoms with van der Waals surface area (Å²) in [5, 5.41) is 0.578. The van der Waals surface area contributed by atoms with Crippen molar-refractivity contribution in [1.82, 2.24) is 14.9 Å². The molecule has 7 heteroatoms. The number of aromatic nitrogens is 2. The molecule has 1 saturated heterocycles. The monoisotopic (exact) mass is 359 g/mol. The number of carbonyl (C=O) groups excluding carboxylic acids is 1. The van der Waals surface area contributed by atoms with Crippen molar-refractivity contribution in [2.75, 3.05) is 20.1 Å². The fourth-order valence-corrected chi connectivity index (χ4v) is 3.48. The third kappa shape index (κ3) is 3.94. The molecule has 1 aliphatic heterocycles. The van der Waals surface area contributed by atoms with Crippen LogP contribution in [0.5, 0.6) is 0 Å². The second kappa shape index (κ2) is 7.55. The quantitative estimate of drug-likeness (QED) is 0.803. The van der Waals surface area contributed by atoms with Crippen LogP contribution >= 0.6 is 0 Å². The standard InChI is InChI=1S/C19H26N4O3/c1-12-9-23(10-13(2)26-12)19(25)14(3)22(4)11-17-20-16-8-6-5-7-15(16)18(24)21-17/h5-8,12-14H,9-11H2,1-4H3,(H,20,21,24)/p+1/t12-,13-,14-/m1/s1. The van der Waals surface area contributed by atoms with Gasteiger partial charge in [-0.25, -0.2) is 4.98 Å². The fourth-order valence-electron chi connectivity index (χ4n) is 3.48. The van der Waals surface area contributed by atoms with Gasteiger partial charge < -0.3 is 19.5 Å². The number of para-hydroxylation sites is 1. The fraction of sp³-hybridized carbons (Fsp3) is 0.526. The summed E-state index contributed by atoms with van der Waals surface area (Å²) in [6.07, 6.45) is 0.0995. The van der Waals surface area contributed by atoms with E-state index < -0.39 is 0 Å². The number of nitrogens with zero attached hydrogens (tertiary/aromatic N) is 2. The first kappa shape index (κ1) is 18.5. The molecule has 2 aromatic rings. The van der Waals surface area contributed by atoms with E-state index in [0.717, 1.165) is 4.90 Å². The number of fused-ring (bicyclic) bond motifs is 1. The van der Waals surface area contributed by atoms with Gasteiger partial charge in [-0.3, -0.25) is 9.59 Å². The number of H-pyrrole nitrogens is 1. The number of ether oxygens (including phenoxy) is 1. The molecule has 26 heavy (non-hydrogen) atoms. The Kier molecular flexibility index (Phi) is 5.38. The maximum Gasteiger partial charge on any atom is 0.280 e. The Morgan fingerprint density at radius 2 is 2.00 bits per heavy atom. The van der Waals surface area contributed by atoms with Gasteiger partial charge in [0.1, 0.15) is 6.54 Å². The van der Waals surface area contributed by atoms with E-state index in [1.807, 2.05) is 50.9 Å². The third-order valence-electron chi connectivity index (χ3n) is 4.95. The number of carbonyl (C=O) groups is 1. The lowest BCUT2D eigenvalue weighted by molar-refractivity contribution is -0.909. The number of hydrogen-bond acceptors (Lipinski definition) is 4. The van der Waals surface area contributed by atoms with Crippen molar-refractivity contribution in [1.29, 1.82) is 0 Å². The number of benzene rings is 1. The highest BCUT2D eigenvalue weighted by Gasteiger charge is 2.32. The van der Waals surface area contributed by atoms with Crippen LogP contribution in [0, 0.1) is 0 Å². The lowest BCUT2D eigenvalue weighted by Gasteiger charge is -2.37. The van der Waals surface area contributed by atoms with Gasteiger partial charge in [0.15, 0.2) is 11.9 Å². The van der Waals surface area contributed by atoms with Crippen LogP contribution in [0.15, 0.2) is 29.1 Å². The van der Waals surface area contributed by atoms with Crippen LogP contribution in [-0.2, 0) is 16.1 Å². The van der Waals surface area contributed by atoms with Crippen LogP contribution in [0.2, 0.25) is 0 Å². The van der Waals surface area contributed by atoms with Crippen molar-refractivity contribution in [2.24, 2.45) is 0 Å². The number of rotatable bonds is 4. The first-order valence-electron chi connectivity index (χ1n) is 9.09. The van der Waals surface area contributed by atoms with Crippen LogP contribution in [-0.4, -0.2) is 59.2 Å². The van der Waals surface area contributed by atoms with E-state index in [1.165, 1.54) is 0 Å². The van der Waals surface area contributed by atoms with E-state index in [4.69, 9.17) is 4.74 Å². The van der Waals surface area contributed by atoms with Crippen molar-refractivity contribution >= 4 is 16.8 Å². The number of hydrogen-bond donors (Lipinski definition) is 2. The largest absolute Gasteiger partial charge is 0.372 e. The van der Waals surface area contributed by atoms with E-state index in [1.54, 1.807) is 6.07 Å². The summed E-state index contributed by atoms with van der Waals surface area (Å²) in [4.78, 5) is 35.3. The Hall–Kier alpha value is -2.25. The maximum absolute atomic E-state index is 12.9. The van der Waals surface area contributed by atoms with Crippen LogP contribution in [0.25, 0.3) is 10.9 Å². The summed E-state index contributed by atoms with van der Waals surface area (Å²) in [6.45, 7) is 7.60. The first-order chi connectivity index (χ1) is 12.3. The average Bonchev–Trinajstić information content (AvgIpc) is 2.59. The van der Waals surface area contributed by atoms with Gasteiger partial charge in [0.25, 0.3) is 11.5 Å². The average molecular weight is 359 g/mol. The molecule has 1 unspecified atom stereocenters. The molecule has 0 saturated carbocycles. The Balaban J connectivity index is 1.72. The molecule has 7 nitrogen and oxygen atoms in total. The van der Waals surface area contributed by atoms with E-state index in [-0.39, 0.29) is 29.7 Å². The minimum atomic E-state index is -0.232. The lowest BCUT2D eigenvalue weighted by atomic mass is 10.2. The van der Waals surface area contributed by atoms with Crippen molar-refractivity contribution in [3.8, 4) is 0 Å². The van der Waals surface area contributed by atoms with Crippen molar-refractivity contribution < 1.29 is 14.4 Å². The first-order valence-corrected chi connectivity index (χ1v) is 9.09. The van der Waals surface area contributed by atoms with Crippen LogP contribution in [0.4, 0.5) is 0 Å². The van der Waals surface area contributed by atoms with Gasteiger partial charge in [-0.15, -0.1) is 0 Å². The highest BCUT2D eigenvalue weighted by atomic mass is 16.5. The van der Waals surface area contributed by atoms with Crippen LogP contribution < -0.4 is 10.5 Å². The van der Waals surface area contributed by atoms with Crippen LogP contribution in [0.3, 0.4) is 0 Å². The summed E-state index contributed by atoms with van der Waals surface area (Å²) in [5.41, 5.74) is 0.530. The molecule has 0 radical (unpaired) electrons. The molecule has 4 atom stereocenters. The molecule has 1 fully saturated rings. The second-order valence-electron chi connectivity index (χ2n) is 7.28. The van der Waals surface area contributed by atoms with E-state index in [9.17, 15) is 9.59 Å². The second-order valence-corrected chi connectivity index (χ2v) is 7.28. The molecule has 1 aliphatic rings. The molecule has 1 amide bonds. The minimum Gasteiger partial charge on any atom is -0.372 e. The highest BCUT2D eigenvalue weighted by Crippen LogP contribution is 2.11. The number of likely N-dealkylation sites (N-methyl/N-ethyl adjacent to an activating group) is 1. The van der Waals surface area contributed by atoms with Gasteiger partial charge >= 0.3 is 0 Å². The predicted molar refractivity (Wildman–Crippen MR) is 99.0 cm³/mol.